The van der Waals surface area contributed by atoms with E-state index < -0.39 is 17.2 Å². The van der Waals surface area contributed by atoms with Crippen molar-refractivity contribution in [3.05, 3.63) is 33.8 Å². The lowest BCUT2D eigenvalue weighted by atomic mass is 9.91. The Morgan fingerprint density at radius 3 is 2.76 bits per heavy atom. The average molecular weight is 306 g/mol. The van der Waals surface area contributed by atoms with Gasteiger partial charge in [-0.15, -0.1) is 0 Å². The number of nitrogens with one attached hydrogen (secondary N) is 1. The first-order valence-electron chi connectivity index (χ1n) is 4.96. The van der Waals surface area contributed by atoms with Crippen LogP contribution in [0.3, 0.4) is 0 Å². The van der Waals surface area contributed by atoms with Gasteiger partial charge in [-0.1, -0.05) is 0 Å². The summed E-state index contributed by atoms with van der Waals surface area (Å²) in [6, 6.07) is 2.10. The Balaban J connectivity index is 2.45. The van der Waals surface area contributed by atoms with Crippen LogP contribution in [0.25, 0.3) is 0 Å². The SMILES string of the molecule is C[C@]1(c2cc(Br)c(F)cc2F)COCC(=O)N1. The number of amides is 1. The van der Waals surface area contributed by atoms with Crippen LogP contribution in [0.4, 0.5) is 8.78 Å². The van der Waals surface area contributed by atoms with Gasteiger partial charge in [-0.05, 0) is 28.9 Å². The zero-order chi connectivity index (χ0) is 12.6. The number of morpholine rings is 1. The summed E-state index contributed by atoms with van der Waals surface area (Å²) >= 11 is 2.99. The topological polar surface area (TPSA) is 38.3 Å². The molecule has 1 amide bonds. The molecule has 2 rings (SSSR count). The van der Waals surface area contributed by atoms with Gasteiger partial charge in [0.2, 0.25) is 5.91 Å². The third kappa shape index (κ3) is 2.32. The highest BCUT2D eigenvalue weighted by Crippen LogP contribution is 2.30. The highest BCUT2D eigenvalue weighted by atomic mass is 79.9. The van der Waals surface area contributed by atoms with Crippen molar-refractivity contribution >= 4 is 21.8 Å². The van der Waals surface area contributed by atoms with Crippen LogP contribution in [-0.2, 0) is 15.1 Å². The van der Waals surface area contributed by atoms with E-state index >= 15 is 0 Å². The van der Waals surface area contributed by atoms with Crippen molar-refractivity contribution in [2.24, 2.45) is 0 Å². The Kier molecular flexibility index (Phi) is 3.18. The third-order valence-electron chi connectivity index (χ3n) is 2.64. The molecule has 1 fully saturated rings. The van der Waals surface area contributed by atoms with Gasteiger partial charge in [-0.3, -0.25) is 4.79 Å². The van der Waals surface area contributed by atoms with E-state index in [0.717, 1.165) is 6.07 Å². The molecule has 1 aromatic carbocycles. The number of rotatable bonds is 1. The molecule has 0 unspecified atom stereocenters. The summed E-state index contributed by atoms with van der Waals surface area (Å²) in [7, 11) is 0. The van der Waals surface area contributed by atoms with Crippen molar-refractivity contribution in [3.63, 3.8) is 0 Å². The minimum absolute atomic E-state index is 0.0421. The second-order valence-electron chi connectivity index (χ2n) is 4.12. The molecule has 1 aliphatic rings. The van der Waals surface area contributed by atoms with Crippen molar-refractivity contribution in [2.75, 3.05) is 13.2 Å². The summed E-state index contributed by atoms with van der Waals surface area (Å²) in [6.07, 6.45) is 0. The fourth-order valence-electron chi connectivity index (χ4n) is 1.82. The molecule has 92 valence electrons. The molecule has 0 bridgehead atoms. The normalized spacial score (nSPS) is 24.6. The molecule has 0 aromatic heterocycles. The number of hydrogen-bond donors (Lipinski definition) is 1. The summed E-state index contributed by atoms with van der Waals surface area (Å²) < 4.78 is 32.1. The minimum atomic E-state index is -0.977. The molecule has 1 atom stereocenters. The number of benzene rings is 1. The maximum absolute atomic E-state index is 13.7. The molecule has 17 heavy (non-hydrogen) atoms. The number of carbonyl (C=O) groups is 1. The van der Waals surface area contributed by atoms with E-state index in [9.17, 15) is 13.6 Å². The lowest BCUT2D eigenvalue weighted by Gasteiger charge is -2.35. The van der Waals surface area contributed by atoms with E-state index in [1.54, 1.807) is 6.92 Å². The molecule has 3 nitrogen and oxygen atoms in total. The van der Waals surface area contributed by atoms with Crippen LogP contribution in [-0.4, -0.2) is 19.1 Å². The van der Waals surface area contributed by atoms with Gasteiger partial charge in [0.1, 0.15) is 18.2 Å². The monoisotopic (exact) mass is 305 g/mol. The fraction of sp³-hybridized carbons (Fsp3) is 0.364. The lowest BCUT2D eigenvalue weighted by molar-refractivity contribution is -0.135. The maximum atomic E-state index is 13.7. The van der Waals surface area contributed by atoms with Crippen LogP contribution in [0.2, 0.25) is 0 Å². The Morgan fingerprint density at radius 2 is 2.12 bits per heavy atom. The molecular weight excluding hydrogens is 296 g/mol. The molecule has 1 aromatic rings. The van der Waals surface area contributed by atoms with Crippen LogP contribution in [0.1, 0.15) is 12.5 Å². The van der Waals surface area contributed by atoms with Crippen molar-refractivity contribution < 1.29 is 18.3 Å². The smallest absolute Gasteiger partial charge is 0.246 e. The van der Waals surface area contributed by atoms with E-state index in [-0.39, 0.29) is 29.2 Å². The van der Waals surface area contributed by atoms with Gasteiger partial charge in [0.05, 0.1) is 16.6 Å². The number of carbonyl (C=O) groups excluding carboxylic acids is 1. The fourth-order valence-corrected chi connectivity index (χ4v) is 2.16. The van der Waals surface area contributed by atoms with Crippen molar-refractivity contribution in [1.29, 1.82) is 0 Å². The van der Waals surface area contributed by atoms with Crippen LogP contribution in [0.15, 0.2) is 16.6 Å². The molecule has 0 spiro atoms. The molecular formula is C11H10BrF2NO2. The maximum Gasteiger partial charge on any atom is 0.246 e. The molecule has 6 heteroatoms. The van der Waals surface area contributed by atoms with E-state index in [2.05, 4.69) is 21.2 Å². The quantitative estimate of drug-likeness (QED) is 0.807. The van der Waals surface area contributed by atoms with Gasteiger partial charge in [0.15, 0.2) is 0 Å². The first kappa shape index (κ1) is 12.4. The van der Waals surface area contributed by atoms with Crippen LogP contribution in [0.5, 0.6) is 0 Å². The summed E-state index contributed by atoms with van der Waals surface area (Å²) in [4.78, 5) is 11.3. The molecule has 0 radical (unpaired) electrons. The van der Waals surface area contributed by atoms with Gasteiger partial charge in [-0.25, -0.2) is 8.78 Å². The number of halogens is 3. The van der Waals surface area contributed by atoms with Gasteiger partial charge in [-0.2, -0.15) is 0 Å². The molecule has 1 saturated heterocycles. The van der Waals surface area contributed by atoms with Gasteiger partial charge in [0.25, 0.3) is 0 Å². The second kappa shape index (κ2) is 4.34. The van der Waals surface area contributed by atoms with Crippen LogP contribution < -0.4 is 5.32 Å². The summed E-state index contributed by atoms with van der Waals surface area (Å²) in [5.41, 5.74) is -0.783. The largest absolute Gasteiger partial charge is 0.369 e. The van der Waals surface area contributed by atoms with E-state index in [4.69, 9.17) is 4.74 Å². The van der Waals surface area contributed by atoms with Gasteiger partial charge >= 0.3 is 0 Å². The van der Waals surface area contributed by atoms with Crippen molar-refractivity contribution in [3.8, 4) is 0 Å². The average Bonchev–Trinajstić information content (AvgIpc) is 2.23. The molecule has 1 N–H and O–H groups in total. The van der Waals surface area contributed by atoms with Gasteiger partial charge < -0.3 is 10.1 Å². The minimum Gasteiger partial charge on any atom is -0.369 e. The third-order valence-corrected chi connectivity index (χ3v) is 3.25. The molecule has 1 aliphatic heterocycles. The van der Waals surface area contributed by atoms with Gasteiger partial charge in [0, 0.05) is 11.6 Å². The highest BCUT2D eigenvalue weighted by Gasteiger charge is 2.35. The first-order chi connectivity index (χ1) is 7.92. The Hall–Kier alpha value is -1.01. The zero-order valence-electron chi connectivity index (χ0n) is 9.02. The number of hydrogen-bond acceptors (Lipinski definition) is 2. The lowest BCUT2D eigenvalue weighted by Crippen LogP contribution is -2.53. The summed E-state index contributed by atoms with van der Waals surface area (Å²) in [6.45, 7) is 1.74. The standard InChI is InChI=1S/C11H10BrF2NO2/c1-11(5-17-4-10(16)15-11)6-2-7(12)9(14)3-8(6)13/h2-3H,4-5H2,1H3,(H,15,16)/t11-/m1/s1. The Labute approximate surface area is 105 Å². The van der Waals surface area contributed by atoms with Crippen molar-refractivity contribution in [1.82, 2.24) is 5.32 Å². The predicted molar refractivity (Wildman–Crippen MR) is 60.4 cm³/mol. The summed E-state index contributed by atoms with van der Waals surface area (Å²) in [5, 5.41) is 2.65. The second-order valence-corrected chi connectivity index (χ2v) is 4.97. The Bertz CT molecular complexity index is 481. The van der Waals surface area contributed by atoms with E-state index in [1.165, 1.54) is 6.07 Å². The number of ether oxygens (including phenoxy) is 1. The zero-order valence-corrected chi connectivity index (χ0v) is 10.6. The molecule has 0 aliphatic carbocycles. The first-order valence-corrected chi connectivity index (χ1v) is 5.75. The van der Waals surface area contributed by atoms with Crippen LogP contribution >= 0.6 is 15.9 Å². The predicted octanol–water partition coefficient (Wildman–Crippen LogP) is 2.09. The Morgan fingerprint density at radius 1 is 1.41 bits per heavy atom. The van der Waals surface area contributed by atoms with Crippen LogP contribution in [0, 0.1) is 11.6 Å². The van der Waals surface area contributed by atoms with Crippen molar-refractivity contribution in [2.45, 2.75) is 12.5 Å². The van der Waals surface area contributed by atoms with E-state index in [1.807, 2.05) is 0 Å². The summed E-state index contributed by atoms with van der Waals surface area (Å²) in [5.74, 6) is -1.71. The molecule has 1 heterocycles. The van der Waals surface area contributed by atoms with E-state index in [0.29, 0.717) is 0 Å². The molecule has 0 saturated carbocycles. The highest BCUT2D eigenvalue weighted by molar-refractivity contribution is 9.10.